The Hall–Kier alpha value is -1.89. The third kappa shape index (κ3) is 3.87. The van der Waals surface area contributed by atoms with Crippen molar-refractivity contribution in [2.24, 2.45) is 12.0 Å². The van der Waals surface area contributed by atoms with Crippen LogP contribution in [0, 0.1) is 12.3 Å². The van der Waals surface area contributed by atoms with Gasteiger partial charge in [0.15, 0.2) is 5.96 Å². The van der Waals surface area contributed by atoms with Crippen LogP contribution in [0.3, 0.4) is 0 Å². The number of aryl methyl sites for hydroxylation is 1. The van der Waals surface area contributed by atoms with Crippen LogP contribution in [0.5, 0.6) is 0 Å². The Morgan fingerprint density at radius 3 is 2.94 bits per heavy atom. The van der Waals surface area contributed by atoms with Gasteiger partial charge in [-0.2, -0.15) is 0 Å². The van der Waals surface area contributed by atoms with Gasteiger partial charge in [0.25, 0.3) is 0 Å². The molecule has 0 aromatic carbocycles. The molecule has 1 aromatic rings. The van der Waals surface area contributed by atoms with Gasteiger partial charge in [-0.3, -0.25) is 4.99 Å². The molecule has 0 aliphatic rings. The monoisotopic (exact) mass is 232 g/mol. The fourth-order valence-corrected chi connectivity index (χ4v) is 1.61. The summed E-state index contributed by atoms with van der Waals surface area (Å²) in [6, 6.07) is 4.14. The summed E-state index contributed by atoms with van der Waals surface area (Å²) in [5, 5.41) is 3.23. The number of nitrogens with one attached hydrogen (secondary N) is 1. The van der Waals surface area contributed by atoms with Crippen molar-refractivity contribution >= 4 is 5.96 Å². The van der Waals surface area contributed by atoms with Crippen LogP contribution < -0.4 is 5.32 Å². The fraction of sp³-hybridized carbons (Fsp3) is 0.462. The summed E-state index contributed by atoms with van der Waals surface area (Å²) in [6.07, 6.45) is 7.96. The molecule has 4 heteroatoms. The second-order valence-corrected chi connectivity index (χ2v) is 3.89. The lowest BCUT2D eigenvalue weighted by Crippen LogP contribution is -2.39. The summed E-state index contributed by atoms with van der Waals surface area (Å²) in [5.41, 5.74) is 1.24. The van der Waals surface area contributed by atoms with Crippen molar-refractivity contribution in [1.29, 1.82) is 0 Å². The highest BCUT2D eigenvalue weighted by Crippen LogP contribution is 2.03. The van der Waals surface area contributed by atoms with E-state index < -0.39 is 0 Å². The van der Waals surface area contributed by atoms with E-state index >= 15 is 0 Å². The minimum Gasteiger partial charge on any atom is -0.355 e. The molecule has 1 rings (SSSR count). The minimum absolute atomic E-state index is 0.705. The predicted octanol–water partition coefficient (Wildman–Crippen LogP) is 1.06. The van der Waals surface area contributed by atoms with Gasteiger partial charge in [-0.15, -0.1) is 12.3 Å². The van der Waals surface area contributed by atoms with E-state index in [1.165, 1.54) is 5.69 Å². The van der Waals surface area contributed by atoms with Gasteiger partial charge in [0.1, 0.15) is 0 Å². The van der Waals surface area contributed by atoms with Crippen LogP contribution in [0.15, 0.2) is 23.3 Å². The molecule has 0 atom stereocenters. The molecular weight excluding hydrogens is 212 g/mol. The van der Waals surface area contributed by atoms with Gasteiger partial charge < -0.3 is 14.8 Å². The highest BCUT2D eigenvalue weighted by atomic mass is 15.3. The molecule has 0 saturated heterocycles. The molecule has 0 aliphatic carbocycles. The van der Waals surface area contributed by atoms with Crippen molar-refractivity contribution in [3.63, 3.8) is 0 Å². The fourth-order valence-electron chi connectivity index (χ4n) is 1.61. The molecule has 0 aliphatic heterocycles. The zero-order valence-corrected chi connectivity index (χ0v) is 10.8. The minimum atomic E-state index is 0.705. The molecule has 0 fully saturated rings. The summed E-state index contributed by atoms with van der Waals surface area (Å²) in [6.45, 7) is 1.57. The maximum absolute atomic E-state index is 5.22. The first-order chi connectivity index (χ1) is 8.19. The van der Waals surface area contributed by atoms with Crippen LogP contribution in [-0.2, 0) is 13.6 Å². The number of hydrogen-bond donors (Lipinski definition) is 1. The molecule has 1 aromatic heterocycles. The van der Waals surface area contributed by atoms with Crippen molar-refractivity contribution in [2.75, 3.05) is 20.6 Å². The topological polar surface area (TPSA) is 32.6 Å². The zero-order chi connectivity index (χ0) is 12.7. The van der Waals surface area contributed by atoms with E-state index in [1.54, 1.807) is 7.05 Å². The van der Waals surface area contributed by atoms with Crippen LogP contribution in [0.2, 0.25) is 0 Å². The van der Waals surface area contributed by atoms with Crippen LogP contribution in [0.4, 0.5) is 0 Å². The lowest BCUT2D eigenvalue weighted by Gasteiger charge is -2.22. The van der Waals surface area contributed by atoms with E-state index in [1.807, 2.05) is 26.4 Å². The molecular formula is C13H20N4. The first kappa shape index (κ1) is 13.2. The first-order valence-corrected chi connectivity index (χ1v) is 5.64. The van der Waals surface area contributed by atoms with E-state index in [4.69, 9.17) is 6.42 Å². The van der Waals surface area contributed by atoms with Crippen molar-refractivity contribution in [3.8, 4) is 12.3 Å². The zero-order valence-electron chi connectivity index (χ0n) is 10.8. The predicted molar refractivity (Wildman–Crippen MR) is 71.7 cm³/mol. The van der Waals surface area contributed by atoms with Crippen molar-refractivity contribution in [1.82, 2.24) is 14.8 Å². The average molecular weight is 232 g/mol. The molecule has 0 spiro atoms. The molecule has 0 amide bonds. The number of aliphatic imine (C=N–C) groups is 1. The third-order valence-corrected chi connectivity index (χ3v) is 2.58. The van der Waals surface area contributed by atoms with E-state index in [9.17, 15) is 0 Å². The lowest BCUT2D eigenvalue weighted by molar-refractivity contribution is 0.463. The van der Waals surface area contributed by atoms with E-state index in [-0.39, 0.29) is 0 Å². The van der Waals surface area contributed by atoms with Gasteiger partial charge in [-0.1, -0.05) is 0 Å². The largest absolute Gasteiger partial charge is 0.355 e. The van der Waals surface area contributed by atoms with Gasteiger partial charge in [0, 0.05) is 46.0 Å². The summed E-state index contributed by atoms with van der Waals surface area (Å²) < 4.78 is 2.10. The van der Waals surface area contributed by atoms with Crippen molar-refractivity contribution in [3.05, 3.63) is 24.0 Å². The second kappa shape index (κ2) is 6.64. The quantitative estimate of drug-likeness (QED) is 0.364. The second-order valence-electron chi connectivity index (χ2n) is 3.89. The summed E-state index contributed by atoms with van der Waals surface area (Å²) in [5.74, 6) is 3.46. The Balaban J connectivity index is 2.53. The highest BCUT2D eigenvalue weighted by Gasteiger charge is 2.07. The van der Waals surface area contributed by atoms with Gasteiger partial charge in [0.2, 0.25) is 0 Å². The molecule has 1 N–H and O–H groups in total. The van der Waals surface area contributed by atoms with E-state index in [2.05, 4.69) is 31.8 Å². The highest BCUT2D eigenvalue weighted by molar-refractivity contribution is 5.79. The normalized spacial score (nSPS) is 11.1. The summed E-state index contributed by atoms with van der Waals surface area (Å²) >= 11 is 0. The number of nitrogens with zero attached hydrogens (tertiary/aromatic N) is 3. The molecule has 17 heavy (non-hydrogen) atoms. The maximum Gasteiger partial charge on any atom is 0.193 e. The first-order valence-electron chi connectivity index (χ1n) is 5.64. The smallest absolute Gasteiger partial charge is 0.193 e. The Labute approximate surface area is 103 Å². The standard InChI is InChI=1S/C13H20N4/c1-5-6-9-15-13(14-2)17(4)11-12-8-7-10-16(12)3/h1,7-8,10H,6,9,11H2,2-4H3,(H,14,15). The average Bonchev–Trinajstić information content (AvgIpc) is 2.70. The van der Waals surface area contributed by atoms with Gasteiger partial charge in [-0.25, -0.2) is 0 Å². The Bertz CT molecular complexity index is 411. The molecule has 0 bridgehead atoms. The number of terminal acetylenes is 1. The summed E-state index contributed by atoms with van der Waals surface area (Å²) in [4.78, 5) is 6.30. The maximum atomic E-state index is 5.22. The van der Waals surface area contributed by atoms with Crippen molar-refractivity contribution < 1.29 is 0 Å². The molecule has 0 unspecified atom stereocenters. The SMILES string of the molecule is C#CCCNC(=NC)N(C)Cc1cccn1C. The van der Waals surface area contributed by atoms with Crippen molar-refractivity contribution in [2.45, 2.75) is 13.0 Å². The summed E-state index contributed by atoms with van der Waals surface area (Å²) in [7, 11) is 5.83. The molecule has 1 heterocycles. The molecule has 92 valence electrons. The third-order valence-electron chi connectivity index (χ3n) is 2.58. The van der Waals surface area contributed by atoms with E-state index in [0.29, 0.717) is 6.42 Å². The Morgan fingerprint density at radius 2 is 2.41 bits per heavy atom. The van der Waals surface area contributed by atoms with E-state index in [0.717, 1.165) is 19.0 Å². The molecule has 4 nitrogen and oxygen atoms in total. The number of hydrogen-bond acceptors (Lipinski definition) is 1. The van der Waals surface area contributed by atoms with Crippen LogP contribution in [0.25, 0.3) is 0 Å². The van der Waals surface area contributed by atoms with Crippen LogP contribution in [0.1, 0.15) is 12.1 Å². The Morgan fingerprint density at radius 1 is 1.65 bits per heavy atom. The van der Waals surface area contributed by atoms with Gasteiger partial charge in [0.05, 0.1) is 6.54 Å². The van der Waals surface area contributed by atoms with Crippen LogP contribution >= 0.6 is 0 Å². The lowest BCUT2D eigenvalue weighted by atomic mass is 10.4. The number of aromatic nitrogens is 1. The number of guanidine groups is 1. The van der Waals surface area contributed by atoms with Crippen LogP contribution in [-0.4, -0.2) is 36.1 Å². The van der Waals surface area contributed by atoms with Gasteiger partial charge in [-0.05, 0) is 12.1 Å². The molecule has 0 saturated carbocycles. The number of rotatable bonds is 4. The van der Waals surface area contributed by atoms with Gasteiger partial charge >= 0.3 is 0 Å². The molecule has 0 radical (unpaired) electrons. The Kier molecular flexibility index (Phi) is 5.15.